The van der Waals surface area contributed by atoms with Crippen LogP contribution in [-0.2, 0) is 10.3 Å². The molecule has 2 aliphatic rings. The van der Waals surface area contributed by atoms with Gasteiger partial charge in [-0.15, -0.1) is 0 Å². The van der Waals surface area contributed by atoms with Crippen molar-refractivity contribution in [2.45, 2.75) is 18.4 Å². The number of carbonyl (C=O) groups is 2. The quantitative estimate of drug-likeness (QED) is 0.521. The molecule has 1 spiro atoms. The molecule has 2 amide bonds. The summed E-state index contributed by atoms with van der Waals surface area (Å²) in [5.41, 5.74) is 5.30. The molecule has 0 saturated carbocycles. The first-order chi connectivity index (χ1) is 16.2. The van der Waals surface area contributed by atoms with Gasteiger partial charge in [0.05, 0.1) is 39.7 Å². The minimum Gasteiger partial charge on any atom is -0.436 e. The molecule has 0 unspecified atom stereocenters. The van der Waals surface area contributed by atoms with Crippen LogP contribution < -0.4 is 11.1 Å². The monoisotopic (exact) mass is 507 g/mol. The summed E-state index contributed by atoms with van der Waals surface area (Å²) in [6.07, 6.45) is 1.22. The molecular formula is C22H17Cl2F2N5O3. The van der Waals surface area contributed by atoms with Gasteiger partial charge >= 0.3 is 6.09 Å². The van der Waals surface area contributed by atoms with Crippen LogP contribution in [0.4, 0.5) is 25.1 Å². The lowest BCUT2D eigenvalue weighted by Gasteiger charge is -2.45. The van der Waals surface area contributed by atoms with E-state index in [-0.39, 0.29) is 44.9 Å². The minimum absolute atomic E-state index is 0.0458. The van der Waals surface area contributed by atoms with E-state index in [9.17, 15) is 14.0 Å². The van der Waals surface area contributed by atoms with Crippen molar-refractivity contribution < 1.29 is 23.1 Å². The zero-order valence-corrected chi connectivity index (χ0v) is 19.0. The smallest absolute Gasteiger partial charge is 0.412 e. The molecule has 2 aromatic carbocycles. The van der Waals surface area contributed by atoms with Crippen LogP contribution in [0, 0.1) is 11.6 Å². The first kappa shape index (κ1) is 22.4. The summed E-state index contributed by atoms with van der Waals surface area (Å²) in [6, 6.07) is 6.52. The van der Waals surface area contributed by atoms with Gasteiger partial charge in [0.15, 0.2) is 11.4 Å². The summed E-state index contributed by atoms with van der Waals surface area (Å²) in [5, 5.41) is 6.64. The molecule has 34 heavy (non-hydrogen) atoms. The number of aromatic nitrogens is 2. The van der Waals surface area contributed by atoms with Crippen LogP contribution in [0.5, 0.6) is 0 Å². The van der Waals surface area contributed by atoms with E-state index in [1.807, 2.05) is 0 Å². The highest BCUT2D eigenvalue weighted by Gasteiger charge is 2.48. The second-order valence-corrected chi connectivity index (χ2v) is 8.89. The molecule has 1 aromatic heterocycles. The standard InChI is InChI=1S/C22H17Cl2F2N5O3/c23-13-3-2-11(25)8-16(13)31-19(27)12(9-28-31)20(32)30-7-1-6-22(10-30)17-15(29-21(33)34-22)5-4-14(24)18(17)26/h2-5,8-9H,1,6-7,10,27H2,(H,29,33)/t22-/m0/s1. The number of halogens is 4. The highest BCUT2D eigenvalue weighted by atomic mass is 35.5. The topological polar surface area (TPSA) is 102 Å². The lowest BCUT2D eigenvalue weighted by Crippen LogP contribution is -2.53. The van der Waals surface area contributed by atoms with E-state index in [4.69, 9.17) is 33.7 Å². The van der Waals surface area contributed by atoms with E-state index in [0.29, 0.717) is 19.4 Å². The zero-order chi connectivity index (χ0) is 24.2. The molecule has 2 aliphatic heterocycles. The normalized spacial score (nSPS) is 19.5. The van der Waals surface area contributed by atoms with Crippen LogP contribution >= 0.6 is 23.2 Å². The lowest BCUT2D eigenvalue weighted by atomic mass is 9.83. The third kappa shape index (κ3) is 3.54. The Bertz CT molecular complexity index is 1350. The first-order valence-electron chi connectivity index (χ1n) is 10.3. The van der Waals surface area contributed by atoms with Gasteiger partial charge in [0, 0.05) is 12.6 Å². The van der Waals surface area contributed by atoms with E-state index in [2.05, 4.69) is 10.4 Å². The number of nitrogens with zero attached hydrogens (tertiary/aromatic N) is 3. The maximum atomic E-state index is 15.1. The Morgan fingerprint density at radius 1 is 1.21 bits per heavy atom. The molecule has 3 aromatic rings. The van der Waals surface area contributed by atoms with Gasteiger partial charge in [-0.3, -0.25) is 10.1 Å². The summed E-state index contributed by atoms with van der Waals surface area (Å²) >= 11 is 12.1. The number of rotatable bonds is 2. The van der Waals surface area contributed by atoms with Crippen molar-refractivity contribution in [1.82, 2.24) is 14.7 Å². The second-order valence-electron chi connectivity index (χ2n) is 8.07. The number of hydrogen-bond donors (Lipinski definition) is 2. The van der Waals surface area contributed by atoms with Gasteiger partial charge < -0.3 is 15.4 Å². The van der Waals surface area contributed by atoms with E-state index < -0.39 is 29.2 Å². The molecule has 3 heterocycles. The predicted molar refractivity (Wildman–Crippen MR) is 121 cm³/mol. The molecule has 5 rings (SSSR count). The zero-order valence-electron chi connectivity index (χ0n) is 17.4. The summed E-state index contributed by atoms with van der Waals surface area (Å²) in [4.78, 5) is 27.1. The number of piperidine rings is 1. The van der Waals surface area contributed by atoms with Gasteiger partial charge in [0.25, 0.3) is 5.91 Å². The minimum atomic E-state index is -1.42. The number of ether oxygens (including phenoxy) is 1. The van der Waals surface area contributed by atoms with Crippen molar-refractivity contribution in [1.29, 1.82) is 0 Å². The van der Waals surface area contributed by atoms with E-state index in [1.165, 1.54) is 35.4 Å². The highest BCUT2D eigenvalue weighted by molar-refractivity contribution is 6.32. The molecule has 1 atom stereocenters. The molecular weight excluding hydrogens is 491 g/mol. The molecule has 8 nitrogen and oxygen atoms in total. The molecule has 0 aliphatic carbocycles. The van der Waals surface area contributed by atoms with Crippen molar-refractivity contribution in [3.05, 3.63) is 69.3 Å². The number of amides is 2. The average Bonchev–Trinajstić information content (AvgIpc) is 3.18. The Morgan fingerprint density at radius 3 is 2.76 bits per heavy atom. The van der Waals surface area contributed by atoms with Crippen molar-refractivity contribution in [3.8, 4) is 5.69 Å². The maximum Gasteiger partial charge on any atom is 0.412 e. The Labute approximate surface area is 202 Å². The highest BCUT2D eigenvalue weighted by Crippen LogP contribution is 2.45. The van der Waals surface area contributed by atoms with Crippen LogP contribution in [0.15, 0.2) is 36.5 Å². The number of carbonyl (C=O) groups excluding carboxylic acids is 2. The maximum absolute atomic E-state index is 15.1. The Morgan fingerprint density at radius 2 is 1.97 bits per heavy atom. The van der Waals surface area contributed by atoms with Gasteiger partial charge in [-0.2, -0.15) is 5.10 Å². The SMILES string of the molecule is Nc1c(C(=O)N2CCC[C@@]3(C2)OC(=O)Nc2ccc(Cl)c(F)c23)cnn1-c1cc(F)ccc1Cl. The number of nitrogen functional groups attached to an aromatic ring is 1. The second kappa shape index (κ2) is 8.14. The third-order valence-corrected chi connectivity index (χ3v) is 6.60. The Kier molecular flexibility index (Phi) is 5.37. The summed E-state index contributed by atoms with van der Waals surface area (Å²) < 4.78 is 35.5. The van der Waals surface area contributed by atoms with E-state index in [0.717, 1.165) is 10.7 Å². The molecule has 0 bridgehead atoms. The van der Waals surface area contributed by atoms with E-state index in [1.54, 1.807) is 0 Å². The summed E-state index contributed by atoms with van der Waals surface area (Å²) in [6.45, 7) is 0.198. The van der Waals surface area contributed by atoms with Crippen molar-refractivity contribution in [2.75, 3.05) is 24.1 Å². The van der Waals surface area contributed by atoms with Crippen LogP contribution in [0.2, 0.25) is 10.0 Å². The fourth-order valence-electron chi connectivity index (χ4n) is 4.48. The number of hydrogen-bond acceptors (Lipinski definition) is 5. The van der Waals surface area contributed by atoms with Crippen molar-refractivity contribution >= 4 is 46.7 Å². The van der Waals surface area contributed by atoms with Gasteiger partial charge in [0.2, 0.25) is 0 Å². The van der Waals surface area contributed by atoms with Crippen LogP contribution in [-0.4, -0.2) is 39.8 Å². The van der Waals surface area contributed by atoms with Crippen molar-refractivity contribution in [3.63, 3.8) is 0 Å². The molecule has 0 radical (unpaired) electrons. The van der Waals surface area contributed by atoms with E-state index >= 15 is 4.39 Å². The first-order valence-corrected chi connectivity index (χ1v) is 11.0. The van der Waals surface area contributed by atoms with Gasteiger partial charge in [-0.1, -0.05) is 23.2 Å². The third-order valence-electron chi connectivity index (χ3n) is 5.99. The molecule has 176 valence electrons. The van der Waals surface area contributed by atoms with Crippen LogP contribution in [0.1, 0.15) is 28.8 Å². The van der Waals surface area contributed by atoms with Crippen LogP contribution in [0.3, 0.4) is 0 Å². The lowest BCUT2D eigenvalue weighted by molar-refractivity contribution is -0.0418. The number of likely N-dealkylation sites (tertiary alicyclic amines) is 1. The van der Waals surface area contributed by atoms with Gasteiger partial charge in [0.1, 0.15) is 17.2 Å². The Balaban J connectivity index is 1.50. The number of benzene rings is 2. The number of nitrogens with two attached hydrogens (primary N) is 1. The summed E-state index contributed by atoms with van der Waals surface area (Å²) in [7, 11) is 0. The van der Waals surface area contributed by atoms with Gasteiger partial charge in [-0.05, 0) is 37.1 Å². The van der Waals surface area contributed by atoms with Crippen LogP contribution in [0.25, 0.3) is 5.69 Å². The molecule has 12 heteroatoms. The van der Waals surface area contributed by atoms with Crippen molar-refractivity contribution in [2.24, 2.45) is 0 Å². The van der Waals surface area contributed by atoms with Gasteiger partial charge in [-0.25, -0.2) is 18.3 Å². The molecule has 1 saturated heterocycles. The summed E-state index contributed by atoms with van der Waals surface area (Å²) in [5.74, 6) is -1.82. The average molecular weight is 508 g/mol. The largest absolute Gasteiger partial charge is 0.436 e. The Hall–Kier alpha value is -3.37. The number of anilines is 2. The molecule has 1 fully saturated rings. The number of nitrogens with one attached hydrogen (secondary N) is 1. The fourth-order valence-corrected chi connectivity index (χ4v) is 4.84. The molecule has 3 N–H and O–H groups in total. The predicted octanol–water partition coefficient (Wildman–Crippen LogP) is 4.73. The number of fused-ring (bicyclic) bond motifs is 2. The fraction of sp³-hybridized carbons (Fsp3) is 0.227.